The van der Waals surface area contributed by atoms with Gasteiger partial charge in [-0.05, 0) is 83.8 Å². The zero-order chi connectivity index (χ0) is 49.8. The van der Waals surface area contributed by atoms with Crippen LogP contribution in [0.1, 0.15) is 0 Å². The Balaban J connectivity index is 0.924. The second kappa shape index (κ2) is 16.5. The maximum atomic E-state index is 5.59. The van der Waals surface area contributed by atoms with Crippen molar-refractivity contribution in [2.75, 3.05) is 0 Å². The molecule has 0 N–H and O–H groups in total. The Labute approximate surface area is 435 Å². The quantitative estimate of drug-likeness (QED) is 0.150. The van der Waals surface area contributed by atoms with Crippen LogP contribution >= 0.6 is 0 Å². The fourth-order valence-electron chi connectivity index (χ4n) is 12.0. The molecule has 0 radical (unpaired) electrons. The zero-order valence-corrected chi connectivity index (χ0v) is 40.9. The summed E-state index contributed by atoms with van der Waals surface area (Å²) in [6, 6.07) is 88.2. The molecule has 8 heteroatoms. The summed E-state index contributed by atoms with van der Waals surface area (Å²) in [6.45, 7) is 0. The molecule has 0 amide bonds. The van der Waals surface area contributed by atoms with Gasteiger partial charge in [-0.25, -0.2) is 14.5 Å². The van der Waals surface area contributed by atoms with Crippen molar-refractivity contribution in [3.8, 4) is 51.5 Å². The lowest BCUT2D eigenvalue weighted by Crippen LogP contribution is -2.32. The van der Waals surface area contributed by atoms with E-state index < -0.39 is 0 Å². The molecule has 8 aromatic carbocycles. The van der Waals surface area contributed by atoms with Crippen molar-refractivity contribution in [1.29, 1.82) is 0 Å². The highest BCUT2D eigenvalue weighted by molar-refractivity contribution is 6.12. The van der Waals surface area contributed by atoms with Crippen LogP contribution in [-0.2, 0) is 0 Å². The largest absolute Gasteiger partial charge is 0.330 e. The molecular weight excluding hydrogens is 929 g/mol. The predicted molar refractivity (Wildman–Crippen MR) is 310 cm³/mol. The lowest BCUT2D eigenvalue weighted by atomic mass is 10.1. The van der Waals surface area contributed by atoms with E-state index in [0.29, 0.717) is 0 Å². The van der Waals surface area contributed by atoms with Crippen LogP contribution in [0.15, 0.2) is 261 Å². The van der Waals surface area contributed by atoms with E-state index in [4.69, 9.17) is 15.0 Å². The second-order valence-corrected chi connectivity index (χ2v) is 19.5. The van der Waals surface area contributed by atoms with Crippen molar-refractivity contribution in [3.05, 3.63) is 261 Å². The van der Waals surface area contributed by atoms with Crippen LogP contribution in [0.25, 0.3) is 139 Å². The Morgan fingerprint density at radius 1 is 0.250 bits per heavy atom. The first-order chi connectivity index (χ1) is 37.7. The molecule has 0 unspecified atom stereocenters. The number of fused-ring (bicyclic) bond motifs is 12. The van der Waals surface area contributed by atoms with Gasteiger partial charge >= 0.3 is 5.82 Å². The second-order valence-electron chi connectivity index (χ2n) is 19.5. The molecule has 8 aromatic heterocycles. The minimum Gasteiger partial charge on any atom is -0.309 e. The minimum atomic E-state index is 0.752. The predicted octanol–water partition coefficient (Wildman–Crippen LogP) is 15.9. The summed E-state index contributed by atoms with van der Waals surface area (Å²) in [7, 11) is 0. The van der Waals surface area contributed by atoms with E-state index in [1.54, 1.807) is 0 Å². The van der Waals surface area contributed by atoms with Crippen LogP contribution in [0, 0.1) is 0 Å². The molecule has 0 fully saturated rings. The standard InChI is InChI=1S/C68H43N8/c1-9-29-58-47(19-1)48-20-2-10-30-59(48)73(58)45-40-57(70-68(41-45)76-64-35-15-7-25-53(64)54-26-8-16-36-65(54)76)56-28-17-27-55(69-56)44-39-46(74-60-31-11-3-21-49(60)50-22-4-12-32-61(50)74)43-72(42-44)66-37-18-38-67(71-66)75-62-33-13-5-23-51(62)52-24-6-14-34-63(52)75/h1-43H/q+1. The molecule has 0 bridgehead atoms. The highest BCUT2D eigenvalue weighted by Gasteiger charge is 2.23. The lowest BCUT2D eigenvalue weighted by Gasteiger charge is -2.15. The van der Waals surface area contributed by atoms with Gasteiger partial charge in [0, 0.05) is 66.9 Å². The summed E-state index contributed by atoms with van der Waals surface area (Å²) < 4.78 is 11.5. The number of nitrogens with zero attached hydrogens (tertiary/aromatic N) is 8. The molecule has 8 nitrogen and oxygen atoms in total. The van der Waals surface area contributed by atoms with Gasteiger partial charge in [0.2, 0.25) is 0 Å². The van der Waals surface area contributed by atoms with E-state index in [9.17, 15) is 0 Å². The van der Waals surface area contributed by atoms with E-state index in [-0.39, 0.29) is 0 Å². The van der Waals surface area contributed by atoms with Gasteiger partial charge in [-0.15, -0.1) is 0 Å². The first-order valence-corrected chi connectivity index (χ1v) is 25.7. The highest BCUT2D eigenvalue weighted by Crippen LogP contribution is 2.38. The molecule has 354 valence electrons. The fraction of sp³-hybridized carbons (Fsp3) is 0. The Morgan fingerprint density at radius 2 is 0.632 bits per heavy atom. The van der Waals surface area contributed by atoms with E-state index in [2.05, 4.69) is 284 Å². The van der Waals surface area contributed by atoms with Gasteiger partial charge in [0.05, 0.1) is 72.6 Å². The molecule has 16 rings (SSSR count). The Kier molecular flexibility index (Phi) is 9.17. The Hall–Kier alpha value is -10.4. The molecule has 8 heterocycles. The Bertz CT molecular complexity index is 4690. The number of hydrogen-bond donors (Lipinski definition) is 0. The zero-order valence-electron chi connectivity index (χ0n) is 40.9. The van der Waals surface area contributed by atoms with E-state index in [1.807, 2.05) is 0 Å². The normalized spacial score (nSPS) is 11.9. The number of rotatable bonds is 7. The van der Waals surface area contributed by atoms with E-state index >= 15 is 0 Å². The Morgan fingerprint density at radius 3 is 1.09 bits per heavy atom. The van der Waals surface area contributed by atoms with Crippen LogP contribution in [0.2, 0.25) is 0 Å². The fourth-order valence-corrected chi connectivity index (χ4v) is 12.0. The molecule has 0 saturated heterocycles. The van der Waals surface area contributed by atoms with Gasteiger partial charge < -0.3 is 9.13 Å². The highest BCUT2D eigenvalue weighted by atomic mass is 15.1. The minimum absolute atomic E-state index is 0.752. The summed E-state index contributed by atoms with van der Waals surface area (Å²) in [5.41, 5.74) is 14.1. The van der Waals surface area contributed by atoms with Gasteiger partial charge in [0.25, 0.3) is 5.82 Å². The summed E-state index contributed by atoms with van der Waals surface area (Å²) in [4.78, 5) is 16.6. The van der Waals surface area contributed by atoms with Crippen LogP contribution in [0.4, 0.5) is 0 Å². The van der Waals surface area contributed by atoms with Crippen molar-refractivity contribution in [1.82, 2.24) is 33.2 Å². The smallest absolute Gasteiger partial charge is 0.309 e. The van der Waals surface area contributed by atoms with Crippen molar-refractivity contribution in [2.24, 2.45) is 0 Å². The van der Waals surface area contributed by atoms with Crippen LogP contribution in [0.5, 0.6) is 0 Å². The maximum absolute atomic E-state index is 5.59. The van der Waals surface area contributed by atoms with E-state index in [1.165, 1.54) is 43.1 Å². The molecule has 16 aromatic rings. The molecule has 0 spiro atoms. The van der Waals surface area contributed by atoms with Crippen molar-refractivity contribution >= 4 is 87.2 Å². The molecule has 0 aliphatic rings. The monoisotopic (exact) mass is 971 g/mol. The average molecular weight is 972 g/mol. The van der Waals surface area contributed by atoms with Gasteiger partial charge in [0.1, 0.15) is 18.2 Å². The number of para-hydroxylation sites is 8. The molecule has 0 aliphatic carbocycles. The summed E-state index contributed by atoms with van der Waals surface area (Å²) in [6.07, 6.45) is 4.35. The molecule has 0 aliphatic heterocycles. The van der Waals surface area contributed by atoms with Crippen LogP contribution in [0.3, 0.4) is 0 Å². The van der Waals surface area contributed by atoms with Gasteiger partial charge in [-0.2, -0.15) is 0 Å². The average Bonchev–Trinajstić information content (AvgIpc) is 4.23. The SMILES string of the molecule is c1cc(-c2cc(-n3c4ccccc4c4ccccc43)c[n+](-c3cccc(-n4c5ccccc5c5ccccc54)n3)c2)nc(-c2cc(-n3c4ccccc4c4ccccc43)cc(-n3c4ccccc4c4ccccc43)n2)c1. The maximum Gasteiger partial charge on any atom is 0.330 e. The van der Waals surface area contributed by atoms with Crippen molar-refractivity contribution in [2.45, 2.75) is 0 Å². The van der Waals surface area contributed by atoms with Gasteiger partial charge in [0.15, 0.2) is 0 Å². The summed E-state index contributed by atoms with van der Waals surface area (Å²) >= 11 is 0. The third kappa shape index (κ3) is 6.37. The van der Waals surface area contributed by atoms with Gasteiger partial charge in [-0.1, -0.05) is 152 Å². The topological polar surface area (TPSA) is 62.3 Å². The molecule has 0 atom stereocenters. The number of hydrogen-bond acceptors (Lipinski definition) is 3. The first-order valence-electron chi connectivity index (χ1n) is 25.7. The number of benzene rings is 8. The number of pyridine rings is 4. The van der Waals surface area contributed by atoms with Crippen LogP contribution in [-0.4, -0.2) is 33.2 Å². The first kappa shape index (κ1) is 42.1. The molecular formula is C68H43N8+. The van der Waals surface area contributed by atoms with Crippen LogP contribution < -0.4 is 4.57 Å². The van der Waals surface area contributed by atoms with Crippen molar-refractivity contribution in [3.63, 3.8) is 0 Å². The van der Waals surface area contributed by atoms with Gasteiger partial charge in [-0.3, -0.25) is 9.13 Å². The van der Waals surface area contributed by atoms with E-state index in [0.717, 1.165) is 95.6 Å². The van der Waals surface area contributed by atoms with Crippen molar-refractivity contribution < 1.29 is 4.57 Å². The number of aromatic nitrogens is 8. The summed E-state index contributed by atoms with van der Waals surface area (Å²) in [5.74, 6) is 2.41. The lowest BCUT2D eigenvalue weighted by molar-refractivity contribution is -0.598. The molecule has 0 saturated carbocycles. The summed E-state index contributed by atoms with van der Waals surface area (Å²) in [5, 5.41) is 9.51. The molecule has 76 heavy (non-hydrogen) atoms. The third-order valence-electron chi connectivity index (χ3n) is 15.2. The third-order valence-corrected chi connectivity index (χ3v) is 15.2.